The van der Waals surface area contributed by atoms with E-state index in [0.717, 1.165) is 16.6 Å². The van der Waals surface area contributed by atoms with Crippen molar-refractivity contribution in [3.63, 3.8) is 0 Å². The first kappa shape index (κ1) is 14.9. The van der Waals surface area contributed by atoms with E-state index >= 15 is 0 Å². The number of sulfonamides is 1. The van der Waals surface area contributed by atoms with Gasteiger partial charge in [0.25, 0.3) is 5.69 Å². The number of nitro groups is 1. The van der Waals surface area contributed by atoms with Gasteiger partial charge in [-0.2, -0.15) is 0 Å². The standard InChI is InChI=1S/C10H13N3O5S/c1-7-3-4-8(13(15)16)5-9(7)12(6-10(11)14)19(2,17)18/h3-5H,6H2,1-2H3,(H2,11,14). The summed E-state index contributed by atoms with van der Waals surface area (Å²) in [7, 11) is -3.77. The Morgan fingerprint density at radius 3 is 2.47 bits per heavy atom. The quantitative estimate of drug-likeness (QED) is 0.610. The molecule has 1 aromatic rings. The second kappa shape index (κ2) is 5.22. The summed E-state index contributed by atoms with van der Waals surface area (Å²) >= 11 is 0. The van der Waals surface area contributed by atoms with Crippen LogP contribution in [0.25, 0.3) is 0 Å². The molecule has 0 radical (unpaired) electrons. The number of primary amides is 1. The number of rotatable bonds is 5. The van der Waals surface area contributed by atoms with Crippen LogP contribution < -0.4 is 10.0 Å². The molecule has 19 heavy (non-hydrogen) atoms. The van der Waals surface area contributed by atoms with Crippen LogP contribution >= 0.6 is 0 Å². The van der Waals surface area contributed by atoms with E-state index in [0.29, 0.717) is 5.56 Å². The molecule has 0 bridgehead atoms. The lowest BCUT2D eigenvalue weighted by atomic mass is 10.2. The first-order chi connectivity index (χ1) is 8.62. The van der Waals surface area contributed by atoms with Gasteiger partial charge in [0.2, 0.25) is 15.9 Å². The Bertz CT molecular complexity index is 626. The SMILES string of the molecule is Cc1ccc([N+](=O)[O-])cc1N(CC(N)=O)S(C)(=O)=O. The Balaban J connectivity index is 3.41. The van der Waals surface area contributed by atoms with Crippen molar-refractivity contribution in [2.24, 2.45) is 5.73 Å². The first-order valence-electron chi connectivity index (χ1n) is 5.14. The Morgan fingerprint density at radius 1 is 1.47 bits per heavy atom. The fourth-order valence-corrected chi connectivity index (χ4v) is 2.42. The number of non-ortho nitro benzene ring substituents is 1. The van der Waals surface area contributed by atoms with Gasteiger partial charge in [-0.05, 0) is 12.5 Å². The number of carbonyl (C=O) groups excluding carboxylic acids is 1. The van der Waals surface area contributed by atoms with E-state index in [1.54, 1.807) is 6.92 Å². The number of aryl methyl sites for hydroxylation is 1. The number of nitro benzene ring substituents is 1. The molecular formula is C10H13N3O5S. The molecule has 0 aliphatic rings. The average Bonchev–Trinajstić information content (AvgIpc) is 2.25. The summed E-state index contributed by atoms with van der Waals surface area (Å²) in [6, 6.07) is 3.76. The topological polar surface area (TPSA) is 124 Å². The maximum atomic E-state index is 11.6. The van der Waals surface area contributed by atoms with Crippen LogP contribution in [-0.2, 0) is 14.8 Å². The highest BCUT2D eigenvalue weighted by Gasteiger charge is 2.23. The van der Waals surface area contributed by atoms with Crippen LogP contribution in [0.4, 0.5) is 11.4 Å². The molecule has 0 saturated carbocycles. The molecule has 0 unspecified atom stereocenters. The van der Waals surface area contributed by atoms with Crippen LogP contribution in [-0.4, -0.2) is 32.0 Å². The molecule has 1 aromatic carbocycles. The van der Waals surface area contributed by atoms with Crippen LogP contribution in [0.15, 0.2) is 18.2 Å². The monoisotopic (exact) mass is 287 g/mol. The third-order valence-electron chi connectivity index (χ3n) is 2.37. The molecule has 0 aliphatic heterocycles. The zero-order chi connectivity index (χ0) is 14.8. The van der Waals surface area contributed by atoms with Crippen molar-refractivity contribution in [3.8, 4) is 0 Å². The highest BCUT2D eigenvalue weighted by atomic mass is 32.2. The number of nitrogens with two attached hydrogens (primary N) is 1. The largest absolute Gasteiger partial charge is 0.368 e. The summed E-state index contributed by atoms with van der Waals surface area (Å²) in [5.74, 6) is -0.851. The van der Waals surface area contributed by atoms with E-state index in [9.17, 15) is 23.3 Å². The molecule has 0 atom stereocenters. The molecule has 9 heteroatoms. The molecule has 1 amide bonds. The van der Waals surface area contributed by atoms with Crippen LogP contribution in [0.3, 0.4) is 0 Å². The second-order valence-corrected chi connectivity index (χ2v) is 5.87. The number of hydrogen-bond acceptors (Lipinski definition) is 5. The minimum atomic E-state index is -3.77. The van der Waals surface area contributed by atoms with Crippen molar-refractivity contribution in [2.75, 3.05) is 17.1 Å². The van der Waals surface area contributed by atoms with Crippen molar-refractivity contribution in [2.45, 2.75) is 6.92 Å². The summed E-state index contributed by atoms with van der Waals surface area (Å²) in [6.07, 6.45) is 0.897. The second-order valence-electron chi connectivity index (χ2n) is 3.96. The minimum Gasteiger partial charge on any atom is -0.368 e. The van der Waals surface area contributed by atoms with Gasteiger partial charge in [-0.3, -0.25) is 19.2 Å². The molecule has 2 N–H and O–H groups in total. The summed E-state index contributed by atoms with van der Waals surface area (Å²) in [4.78, 5) is 21.0. The number of hydrogen-bond donors (Lipinski definition) is 1. The zero-order valence-corrected chi connectivity index (χ0v) is 11.2. The highest BCUT2D eigenvalue weighted by Crippen LogP contribution is 2.27. The van der Waals surface area contributed by atoms with E-state index in [1.807, 2.05) is 0 Å². The van der Waals surface area contributed by atoms with Crippen molar-refractivity contribution >= 4 is 27.3 Å². The number of benzene rings is 1. The van der Waals surface area contributed by atoms with E-state index in [2.05, 4.69) is 0 Å². The molecule has 1 rings (SSSR count). The van der Waals surface area contributed by atoms with Crippen molar-refractivity contribution in [3.05, 3.63) is 33.9 Å². The lowest BCUT2D eigenvalue weighted by Crippen LogP contribution is -2.38. The van der Waals surface area contributed by atoms with Gasteiger partial charge in [0.05, 0.1) is 16.9 Å². The maximum absolute atomic E-state index is 11.6. The van der Waals surface area contributed by atoms with Gasteiger partial charge >= 0.3 is 0 Å². The molecule has 104 valence electrons. The molecule has 0 aliphatic carbocycles. The predicted molar refractivity (Wildman–Crippen MR) is 69.2 cm³/mol. The molecule has 0 heterocycles. The van der Waals surface area contributed by atoms with E-state index < -0.39 is 27.4 Å². The fraction of sp³-hybridized carbons (Fsp3) is 0.300. The predicted octanol–water partition coefficient (Wildman–Crippen LogP) is 0.155. The van der Waals surface area contributed by atoms with E-state index in [1.165, 1.54) is 12.1 Å². The number of nitrogens with zero attached hydrogens (tertiary/aromatic N) is 2. The number of anilines is 1. The van der Waals surface area contributed by atoms with Crippen LogP contribution in [0, 0.1) is 17.0 Å². The molecule has 0 aromatic heterocycles. The Kier molecular flexibility index (Phi) is 4.10. The van der Waals surface area contributed by atoms with Gasteiger partial charge in [-0.25, -0.2) is 8.42 Å². The normalized spacial score (nSPS) is 11.1. The first-order valence-corrected chi connectivity index (χ1v) is 6.99. The highest BCUT2D eigenvalue weighted by molar-refractivity contribution is 7.92. The van der Waals surface area contributed by atoms with Crippen LogP contribution in [0.1, 0.15) is 5.56 Å². The van der Waals surface area contributed by atoms with Crippen molar-refractivity contribution in [1.82, 2.24) is 0 Å². The fourth-order valence-electron chi connectivity index (χ4n) is 1.50. The molecule has 0 spiro atoms. The zero-order valence-electron chi connectivity index (χ0n) is 10.4. The third-order valence-corrected chi connectivity index (χ3v) is 3.50. The van der Waals surface area contributed by atoms with Crippen LogP contribution in [0.2, 0.25) is 0 Å². The summed E-state index contributed by atoms with van der Waals surface area (Å²) in [6.45, 7) is 1.01. The summed E-state index contributed by atoms with van der Waals surface area (Å²) in [5.41, 5.74) is 5.28. The van der Waals surface area contributed by atoms with Crippen LogP contribution in [0.5, 0.6) is 0 Å². The Hall–Kier alpha value is -2.16. The number of amides is 1. The van der Waals surface area contributed by atoms with Gasteiger partial charge in [0.1, 0.15) is 6.54 Å². The smallest absolute Gasteiger partial charge is 0.271 e. The Labute approximate surface area is 110 Å². The van der Waals surface area contributed by atoms with Crippen molar-refractivity contribution in [1.29, 1.82) is 0 Å². The van der Waals surface area contributed by atoms with Gasteiger partial charge in [0.15, 0.2) is 0 Å². The van der Waals surface area contributed by atoms with E-state index in [-0.39, 0.29) is 11.4 Å². The lowest BCUT2D eigenvalue weighted by molar-refractivity contribution is -0.384. The van der Waals surface area contributed by atoms with Gasteiger partial charge < -0.3 is 5.73 Å². The van der Waals surface area contributed by atoms with Gasteiger partial charge in [-0.1, -0.05) is 6.07 Å². The van der Waals surface area contributed by atoms with E-state index in [4.69, 9.17) is 5.73 Å². The average molecular weight is 287 g/mol. The maximum Gasteiger partial charge on any atom is 0.271 e. The van der Waals surface area contributed by atoms with Crippen molar-refractivity contribution < 1.29 is 18.1 Å². The third kappa shape index (κ3) is 3.65. The summed E-state index contributed by atoms with van der Waals surface area (Å²) < 4.78 is 24.0. The molecule has 0 fully saturated rings. The van der Waals surface area contributed by atoms with Gasteiger partial charge in [0, 0.05) is 12.1 Å². The molecular weight excluding hydrogens is 274 g/mol. The van der Waals surface area contributed by atoms with Gasteiger partial charge in [-0.15, -0.1) is 0 Å². The lowest BCUT2D eigenvalue weighted by Gasteiger charge is -2.22. The minimum absolute atomic E-state index is 0.0653. The molecule has 8 nitrogen and oxygen atoms in total. The number of carbonyl (C=O) groups is 1. The molecule has 0 saturated heterocycles. The summed E-state index contributed by atoms with van der Waals surface area (Å²) in [5, 5.41) is 10.7. The Morgan fingerprint density at radius 2 is 2.05 bits per heavy atom.